The molecule has 0 fully saturated rings. The lowest BCUT2D eigenvalue weighted by atomic mass is 10.3. The zero-order chi connectivity index (χ0) is 18.7. The highest BCUT2D eigenvalue weighted by Crippen LogP contribution is 2.30. The van der Waals surface area contributed by atoms with E-state index in [4.69, 9.17) is 17.3 Å². The number of benzene rings is 1. The van der Waals surface area contributed by atoms with E-state index in [0.29, 0.717) is 23.7 Å². The lowest BCUT2D eigenvalue weighted by molar-refractivity contribution is -0.671. The normalized spacial score (nSPS) is 10.7. The van der Waals surface area contributed by atoms with Crippen LogP contribution in [-0.4, -0.2) is 14.7 Å². The van der Waals surface area contributed by atoms with Gasteiger partial charge in [0.2, 0.25) is 0 Å². The third-order valence-electron chi connectivity index (χ3n) is 3.59. The van der Waals surface area contributed by atoms with Crippen LogP contribution in [0, 0.1) is 10.1 Å². The third kappa shape index (κ3) is 4.78. The van der Waals surface area contributed by atoms with E-state index in [0.717, 1.165) is 5.56 Å². The first-order chi connectivity index (χ1) is 12.4. The van der Waals surface area contributed by atoms with E-state index >= 15 is 0 Å². The molecule has 3 aromatic rings. The van der Waals surface area contributed by atoms with Gasteiger partial charge in [-0.2, -0.15) is 10.2 Å². The Bertz CT molecular complexity index is 1000. The van der Waals surface area contributed by atoms with E-state index in [1.807, 2.05) is 36.1 Å². The van der Waals surface area contributed by atoms with Gasteiger partial charge in [0, 0.05) is 17.7 Å². The summed E-state index contributed by atoms with van der Waals surface area (Å²) >= 11 is 5.78. The smallest absolute Gasteiger partial charge is 0.290 e. The van der Waals surface area contributed by atoms with E-state index in [-0.39, 0.29) is 23.1 Å². The van der Waals surface area contributed by atoms with Gasteiger partial charge in [-0.1, -0.05) is 11.6 Å². The Balaban J connectivity index is 0.00000261. The summed E-state index contributed by atoms with van der Waals surface area (Å²) in [6.45, 7) is 0.489. The molecule has 1 aromatic carbocycles. The Morgan fingerprint density at radius 2 is 2.15 bits per heavy atom. The average molecular weight is 408 g/mol. The molecule has 27 heavy (non-hydrogen) atoms. The Labute approximate surface area is 165 Å². The fourth-order valence-corrected chi connectivity index (χ4v) is 2.51. The van der Waals surface area contributed by atoms with Crippen LogP contribution < -0.4 is 22.7 Å². The molecule has 140 valence electrons. The Morgan fingerprint density at radius 1 is 1.37 bits per heavy atom. The number of nitro benzene ring substituents is 1. The quantitative estimate of drug-likeness (QED) is 0.283. The topological polar surface area (TPSA) is 116 Å². The molecule has 0 saturated carbocycles. The van der Waals surface area contributed by atoms with Crippen molar-refractivity contribution in [2.45, 2.75) is 6.54 Å². The zero-order valence-corrected chi connectivity index (χ0v) is 15.7. The molecule has 3 rings (SSSR count). The standard InChI is InChI=1S/C16H15ClN7O2.ClH/c1-22-6-2-3-11(9-22)10-23-16(18)14(8-19-23)21-20-12-4-5-13(17)15(7-12)24(25)26;/h2-9H,10,18H2,1H3;1H/q+1;/p-1. The number of nitrogens with two attached hydrogens (primary N) is 1. The molecule has 0 bridgehead atoms. The van der Waals surface area contributed by atoms with E-state index in [2.05, 4.69) is 15.3 Å². The van der Waals surface area contributed by atoms with Gasteiger partial charge in [-0.05, 0) is 18.2 Å². The Hall–Kier alpha value is -3.04. The molecule has 11 heteroatoms. The third-order valence-corrected chi connectivity index (χ3v) is 3.91. The monoisotopic (exact) mass is 407 g/mol. The predicted octanol–water partition coefficient (Wildman–Crippen LogP) is 0.319. The second-order valence-electron chi connectivity index (χ2n) is 5.54. The minimum Gasteiger partial charge on any atom is -1.00 e. The number of pyridine rings is 1. The van der Waals surface area contributed by atoms with Gasteiger partial charge >= 0.3 is 0 Å². The van der Waals surface area contributed by atoms with Crippen LogP contribution in [0.2, 0.25) is 5.02 Å². The number of anilines is 1. The van der Waals surface area contributed by atoms with Crippen molar-refractivity contribution >= 4 is 34.5 Å². The molecule has 0 amide bonds. The minimum absolute atomic E-state index is 0. The molecule has 0 saturated heterocycles. The van der Waals surface area contributed by atoms with Crippen molar-refractivity contribution < 1.29 is 21.9 Å². The molecule has 0 atom stereocenters. The number of rotatable bonds is 5. The average Bonchev–Trinajstić information content (AvgIpc) is 2.94. The molecule has 2 heterocycles. The fraction of sp³-hybridized carbons (Fsp3) is 0.125. The van der Waals surface area contributed by atoms with Crippen molar-refractivity contribution in [2.24, 2.45) is 17.3 Å². The van der Waals surface area contributed by atoms with Crippen LogP contribution in [0.3, 0.4) is 0 Å². The molecule has 2 N–H and O–H groups in total. The summed E-state index contributed by atoms with van der Waals surface area (Å²) in [5, 5.41) is 23.2. The molecule has 0 unspecified atom stereocenters. The maximum atomic E-state index is 10.9. The number of nitrogen functional groups attached to an aromatic ring is 1. The van der Waals surface area contributed by atoms with Gasteiger partial charge in [0.1, 0.15) is 23.6 Å². The Morgan fingerprint density at radius 3 is 2.85 bits per heavy atom. The number of halogens is 2. The van der Waals surface area contributed by atoms with Crippen molar-refractivity contribution in [3.8, 4) is 0 Å². The van der Waals surface area contributed by atoms with Gasteiger partial charge in [-0.15, -0.1) is 5.11 Å². The van der Waals surface area contributed by atoms with Crippen LogP contribution in [-0.2, 0) is 13.6 Å². The molecule has 0 aliphatic carbocycles. The molecule has 0 spiro atoms. The number of aryl methyl sites for hydroxylation is 1. The second kappa shape index (κ2) is 8.56. The van der Waals surface area contributed by atoms with E-state index in [9.17, 15) is 10.1 Å². The van der Waals surface area contributed by atoms with Crippen LogP contribution in [0.4, 0.5) is 22.9 Å². The molecule has 0 aliphatic rings. The number of nitrogens with zero attached hydrogens (tertiary/aromatic N) is 6. The summed E-state index contributed by atoms with van der Waals surface area (Å²) in [4.78, 5) is 10.3. The number of hydrogen-bond acceptors (Lipinski definition) is 6. The summed E-state index contributed by atoms with van der Waals surface area (Å²) in [6.07, 6.45) is 5.39. The molecule has 2 aromatic heterocycles. The molecule has 9 nitrogen and oxygen atoms in total. The van der Waals surface area contributed by atoms with Crippen molar-refractivity contribution in [1.29, 1.82) is 0 Å². The highest BCUT2D eigenvalue weighted by atomic mass is 35.5. The SMILES string of the molecule is C[n+]1cccc(Cn2ncc(N=Nc3ccc(Cl)c([N+](=O)[O-])c3)c2N)c1.[Cl-]. The van der Waals surface area contributed by atoms with E-state index < -0.39 is 4.92 Å². The second-order valence-corrected chi connectivity index (χ2v) is 5.95. The van der Waals surface area contributed by atoms with Gasteiger partial charge in [0.05, 0.1) is 23.4 Å². The minimum atomic E-state index is -0.576. The molecular weight excluding hydrogens is 393 g/mol. The molecular formula is C16H15Cl2N7O2. The number of nitro groups is 1. The van der Waals surface area contributed by atoms with E-state index in [1.165, 1.54) is 24.4 Å². The summed E-state index contributed by atoms with van der Waals surface area (Å²) in [6, 6.07) is 8.08. The van der Waals surface area contributed by atoms with Gasteiger partial charge in [0.15, 0.2) is 12.4 Å². The predicted molar refractivity (Wildman–Crippen MR) is 95.6 cm³/mol. The first-order valence-electron chi connectivity index (χ1n) is 7.55. The van der Waals surface area contributed by atoms with Crippen molar-refractivity contribution in [1.82, 2.24) is 9.78 Å². The highest BCUT2D eigenvalue weighted by Gasteiger charge is 2.13. The number of aromatic nitrogens is 3. The van der Waals surface area contributed by atoms with Gasteiger partial charge < -0.3 is 18.1 Å². The van der Waals surface area contributed by atoms with E-state index in [1.54, 1.807) is 4.68 Å². The highest BCUT2D eigenvalue weighted by molar-refractivity contribution is 6.32. The van der Waals surface area contributed by atoms with Crippen LogP contribution in [0.25, 0.3) is 0 Å². The summed E-state index contributed by atoms with van der Waals surface area (Å²) in [5.74, 6) is 0.351. The molecule has 0 radical (unpaired) electrons. The zero-order valence-electron chi connectivity index (χ0n) is 14.2. The largest absolute Gasteiger partial charge is 1.00 e. The fourth-order valence-electron chi connectivity index (χ4n) is 2.32. The van der Waals surface area contributed by atoms with Crippen LogP contribution in [0.5, 0.6) is 0 Å². The first kappa shape index (κ1) is 20.3. The van der Waals surface area contributed by atoms with Gasteiger partial charge in [0.25, 0.3) is 5.69 Å². The lowest BCUT2D eigenvalue weighted by Gasteiger charge is -2.03. The summed E-state index contributed by atoms with van der Waals surface area (Å²) < 4.78 is 3.54. The Kier molecular flexibility index (Phi) is 6.43. The molecule has 0 aliphatic heterocycles. The van der Waals surface area contributed by atoms with Crippen molar-refractivity contribution in [2.75, 3.05) is 5.73 Å². The number of azo groups is 1. The van der Waals surface area contributed by atoms with Crippen molar-refractivity contribution in [3.63, 3.8) is 0 Å². The summed E-state index contributed by atoms with van der Waals surface area (Å²) in [5.41, 5.74) is 7.54. The van der Waals surface area contributed by atoms with Crippen LogP contribution in [0.15, 0.2) is 59.2 Å². The maximum absolute atomic E-state index is 10.9. The van der Waals surface area contributed by atoms with Crippen LogP contribution in [0.1, 0.15) is 5.56 Å². The first-order valence-corrected chi connectivity index (χ1v) is 7.93. The van der Waals surface area contributed by atoms with Gasteiger partial charge in [-0.25, -0.2) is 9.25 Å². The summed E-state index contributed by atoms with van der Waals surface area (Å²) in [7, 11) is 1.93. The van der Waals surface area contributed by atoms with Crippen molar-refractivity contribution in [3.05, 3.63) is 69.6 Å². The van der Waals surface area contributed by atoms with Crippen LogP contribution >= 0.6 is 11.6 Å². The van der Waals surface area contributed by atoms with Gasteiger partial charge in [-0.3, -0.25) is 10.1 Å². The lowest BCUT2D eigenvalue weighted by Crippen LogP contribution is -3.00. The maximum Gasteiger partial charge on any atom is 0.290 e. The number of hydrogen-bond donors (Lipinski definition) is 1.